The van der Waals surface area contributed by atoms with Gasteiger partial charge in [-0.1, -0.05) is 12.8 Å². The number of nitrogens with zero attached hydrogens (tertiary/aromatic N) is 1. The Morgan fingerprint density at radius 1 is 1.35 bits per heavy atom. The number of carbonyl (C=O) groups excluding carboxylic acids is 1. The largest absolute Gasteiger partial charge is 0.478 e. The molecule has 2 heterocycles. The van der Waals surface area contributed by atoms with Crippen LogP contribution >= 0.6 is 11.3 Å². The van der Waals surface area contributed by atoms with E-state index in [9.17, 15) is 9.59 Å². The maximum Gasteiger partial charge on any atom is 0.328 e. The van der Waals surface area contributed by atoms with E-state index >= 15 is 0 Å². The number of aliphatic carboxylic acids is 1. The van der Waals surface area contributed by atoms with Crippen LogP contribution in [0.25, 0.3) is 6.08 Å². The molecule has 1 amide bonds. The van der Waals surface area contributed by atoms with E-state index < -0.39 is 5.97 Å². The normalized spacial score (nSPS) is 20.1. The molecule has 1 atom stereocenters. The topological polar surface area (TPSA) is 57.6 Å². The Bertz CT molecular complexity index is 521. The fourth-order valence-corrected chi connectivity index (χ4v) is 3.30. The summed E-state index contributed by atoms with van der Waals surface area (Å²) in [7, 11) is 0. The van der Waals surface area contributed by atoms with Crippen molar-refractivity contribution >= 4 is 29.3 Å². The zero-order valence-corrected chi connectivity index (χ0v) is 12.4. The lowest BCUT2D eigenvalue weighted by atomic mass is 10.1. The first-order valence-corrected chi connectivity index (χ1v) is 7.71. The van der Waals surface area contributed by atoms with Crippen molar-refractivity contribution in [2.75, 3.05) is 6.54 Å². The number of likely N-dealkylation sites (tertiary alicyclic amines) is 1. The van der Waals surface area contributed by atoms with Gasteiger partial charge in [-0.15, -0.1) is 11.3 Å². The molecular weight excluding hydrogens is 274 g/mol. The van der Waals surface area contributed by atoms with E-state index in [0.29, 0.717) is 4.88 Å². The summed E-state index contributed by atoms with van der Waals surface area (Å²) < 4.78 is 0. The van der Waals surface area contributed by atoms with Gasteiger partial charge in [0, 0.05) is 23.5 Å². The van der Waals surface area contributed by atoms with Crippen LogP contribution in [-0.2, 0) is 4.79 Å². The lowest BCUT2D eigenvalue weighted by Crippen LogP contribution is -2.37. The summed E-state index contributed by atoms with van der Waals surface area (Å²) in [5.74, 6) is -0.910. The van der Waals surface area contributed by atoms with Crippen molar-refractivity contribution in [2.24, 2.45) is 0 Å². The summed E-state index contributed by atoms with van der Waals surface area (Å²) in [4.78, 5) is 26.4. The molecule has 1 unspecified atom stereocenters. The van der Waals surface area contributed by atoms with Crippen LogP contribution in [-0.4, -0.2) is 34.5 Å². The van der Waals surface area contributed by atoms with Crippen LogP contribution < -0.4 is 0 Å². The fraction of sp³-hybridized carbons (Fsp3) is 0.467. The van der Waals surface area contributed by atoms with Gasteiger partial charge in [-0.3, -0.25) is 4.79 Å². The summed E-state index contributed by atoms with van der Waals surface area (Å²) in [6.07, 6.45) is 7.10. The Morgan fingerprint density at radius 2 is 2.15 bits per heavy atom. The van der Waals surface area contributed by atoms with Crippen LogP contribution in [0.3, 0.4) is 0 Å². The first kappa shape index (κ1) is 14.8. The highest BCUT2D eigenvalue weighted by Gasteiger charge is 2.23. The lowest BCUT2D eigenvalue weighted by Gasteiger charge is -2.26. The van der Waals surface area contributed by atoms with Crippen molar-refractivity contribution in [3.63, 3.8) is 0 Å². The number of carboxylic acids is 1. The molecule has 1 aromatic rings. The van der Waals surface area contributed by atoms with E-state index in [1.165, 1.54) is 30.3 Å². The van der Waals surface area contributed by atoms with Crippen LogP contribution in [0.2, 0.25) is 0 Å². The summed E-state index contributed by atoms with van der Waals surface area (Å²) in [6.45, 7) is 2.92. The molecule has 0 aliphatic carbocycles. The van der Waals surface area contributed by atoms with Gasteiger partial charge in [-0.25, -0.2) is 4.79 Å². The van der Waals surface area contributed by atoms with Gasteiger partial charge in [0.05, 0.1) is 4.88 Å². The Morgan fingerprint density at radius 3 is 2.90 bits per heavy atom. The van der Waals surface area contributed by atoms with Crippen molar-refractivity contribution < 1.29 is 14.7 Å². The molecule has 1 aromatic heterocycles. The van der Waals surface area contributed by atoms with E-state index in [4.69, 9.17) is 5.11 Å². The fourth-order valence-electron chi connectivity index (χ4n) is 2.43. The van der Waals surface area contributed by atoms with Crippen molar-refractivity contribution in [3.8, 4) is 0 Å². The van der Waals surface area contributed by atoms with Gasteiger partial charge in [0.15, 0.2) is 0 Å². The lowest BCUT2D eigenvalue weighted by molar-refractivity contribution is -0.131. The first-order valence-electron chi connectivity index (χ1n) is 6.90. The Labute approximate surface area is 122 Å². The zero-order valence-electron chi connectivity index (χ0n) is 11.5. The molecule has 108 valence electrons. The van der Waals surface area contributed by atoms with E-state index in [1.807, 2.05) is 4.90 Å². The van der Waals surface area contributed by atoms with Gasteiger partial charge in [0.1, 0.15) is 0 Å². The molecule has 20 heavy (non-hydrogen) atoms. The van der Waals surface area contributed by atoms with Gasteiger partial charge >= 0.3 is 5.97 Å². The van der Waals surface area contributed by atoms with Gasteiger partial charge in [-0.05, 0) is 38.0 Å². The first-order chi connectivity index (χ1) is 9.58. The standard InChI is InChI=1S/C15H19NO3S/c1-11-5-3-2-4-10-16(11)15(19)13-8-6-12(20-13)7-9-14(17)18/h6-9,11H,2-5,10H2,1H3,(H,17,18). The van der Waals surface area contributed by atoms with Crippen molar-refractivity contribution in [3.05, 3.63) is 28.0 Å². The third kappa shape index (κ3) is 3.70. The smallest absolute Gasteiger partial charge is 0.328 e. The average Bonchev–Trinajstić information content (AvgIpc) is 2.78. The highest BCUT2D eigenvalue weighted by atomic mass is 32.1. The number of rotatable bonds is 3. The summed E-state index contributed by atoms with van der Waals surface area (Å²) in [5.41, 5.74) is 0. The maximum absolute atomic E-state index is 12.5. The third-order valence-electron chi connectivity index (χ3n) is 3.54. The molecule has 1 saturated heterocycles. The number of amides is 1. The number of hydrogen-bond donors (Lipinski definition) is 1. The number of thiophene rings is 1. The molecule has 1 fully saturated rings. The molecule has 4 nitrogen and oxygen atoms in total. The van der Waals surface area contributed by atoms with E-state index in [0.717, 1.165) is 30.3 Å². The molecule has 1 N–H and O–H groups in total. The minimum absolute atomic E-state index is 0.0689. The highest BCUT2D eigenvalue weighted by Crippen LogP contribution is 2.23. The second-order valence-corrected chi connectivity index (χ2v) is 6.19. The monoisotopic (exact) mass is 293 g/mol. The summed E-state index contributed by atoms with van der Waals surface area (Å²) >= 11 is 1.34. The van der Waals surface area contributed by atoms with Crippen LogP contribution in [0.5, 0.6) is 0 Å². The van der Waals surface area contributed by atoms with Crippen molar-refractivity contribution in [2.45, 2.75) is 38.6 Å². The van der Waals surface area contributed by atoms with Gasteiger partial charge in [-0.2, -0.15) is 0 Å². The summed E-state index contributed by atoms with van der Waals surface area (Å²) in [6, 6.07) is 3.86. The molecule has 0 aromatic carbocycles. The van der Waals surface area contributed by atoms with E-state index in [-0.39, 0.29) is 11.9 Å². The Balaban J connectivity index is 2.10. The van der Waals surface area contributed by atoms with Crippen LogP contribution in [0, 0.1) is 0 Å². The van der Waals surface area contributed by atoms with Gasteiger partial charge in [0.2, 0.25) is 0 Å². The van der Waals surface area contributed by atoms with Crippen molar-refractivity contribution in [1.29, 1.82) is 0 Å². The predicted octanol–water partition coefficient (Wildman–Crippen LogP) is 3.25. The van der Waals surface area contributed by atoms with Crippen LogP contribution in [0.15, 0.2) is 18.2 Å². The summed E-state index contributed by atoms with van der Waals surface area (Å²) in [5, 5.41) is 8.60. The molecule has 1 aliphatic rings. The van der Waals surface area contributed by atoms with Gasteiger partial charge in [0.25, 0.3) is 5.91 Å². The minimum Gasteiger partial charge on any atom is -0.478 e. The second-order valence-electron chi connectivity index (χ2n) is 5.07. The molecule has 2 rings (SSSR count). The SMILES string of the molecule is CC1CCCCCN1C(=O)c1ccc(C=CC(=O)O)s1. The molecule has 0 saturated carbocycles. The molecule has 1 aliphatic heterocycles. The number of carbonyl (C=O) groups is 2. The highest BCUT2D eigenvalue weighted by molar-refractivity contribution is 7.14. The zero-order chi connectivity index (χ0) is 14.5. The number of carboxylic acid groups (broad SMARTS) is 1. The number of hydrogen-bond acceptors (Lipinski definition) is 3. The quantitative estimate of drug-likeness (QED) is 0.870. The molecule has 0 spiro atoms. The molecule has 0 radical (unpaired) electrons. The Hall–Kier alpha value is -1.62. The van der Waals surface area contributed by atoms with Crippen LogP contribution in [0.1, 0.15) is 47.2 Å². The van der Waals surface area contributed by atoms with Crippen LogP contribution in [0.4, 0.5) is 0 Å². The van der Waals surface area contributed by atoms with E-state index in [1.54, 1.807) is 12.1 Å². The second kappa shape index (κ2) is 6.70. The molecular formula is C15H19NO3S. The third-order valence-corrected chi connectivity index (χ3v) is 4.58. The molecule has 5 heteroatoms. The van der Waals surface area contributed by atoms with Crippen molar-refractivity contribution in [1.82, 2.24) is 4.90 Å². The minimum atomic E-state index is -0.979. The average molecular weight is 293 g/mol. The Kier molecular flexibility index (Phi) is 4.95. The maximum atomic E-state index is 12.5. The predicted molar refractivity (Wildman–Crippen MR) is 80.0 cm³/mol. The van der Waals surface area contributed by atoms with E-state index in [2.05, 4.69) is 6.92 Å². The molecule has 0 bridgehead atoms. The van der Waals surface area contributed by atoms with Gasteiger partial charge < -0.3 is 10.0 Å².